The first kappa shape index (κ1) is 17.2. The summed E-state index contributed by atoms with van der Waals surface area (Å²) in [6, 6.07) is 4.35. The molecule has 1 aromatic rings. The van der Waals surface area contributed by atoms with E-state index in [4.69, 9.17) is 11.6 Å². The van der Waals surface area contributed by atoms with E-state index in [1.54, 1.807) is 11.8 Å². The third-order valence-corrected chi connectivity index (χ3v) is 6.60. The van der Waals surface area contributed by atoms with Gasteiger partial charge in [0.05, 0.1) is 27.9 Å². The first-order valence-corrected chi connectivity index (χ1v) is 9.95. The zero-order valence-corrected chi connectivity index (χ0v) is 14.9. The summed E-state index contributed by atoms with van der Waals surface area (Å²) in [5, 5.41) is 0.158. The summed E-state index contributed by atoms with van der Waals surface area (Å²) >= 11 is 6.22. The third kappa shape index (κ3) is 3.02. The molecule has 0 saturated carbocycles. The van der Waals surface area contributed by atoms with Crippen LogP contribution in [0.2, 0.25) is 5.02 Å². The second kappa shape index (κ2) is 6.37. The van der Waals surface area contributed by atoms with Gasteiger partial charge in [0.1, 0.15) is 0 Å². The number of nitrogens with zero attached hydrogens (tertiary/aromatic N) is 2. The molecule has 2 aliphatic rings. The van der Waals surface area contributed by atoms with Crippen molar-refractivity contribution in [2.24, 2.45) is 5.92 Å². The van der Waals surface area contributed by atoms with Crippen molar-refractivity contribution >= 4 is 39.1 Å². The molecule has 2 heterocycles. The van der Waals surface area contributed by atoms with Gasteiger partial charge in [-0.2, -0.15) is 0 Å². The van der Waals surface area contributed by atoms with Gasteiger partial charge in [0.15, 0.2) is 0 Å². The Balaban J connectivity index is 1.90. The number of rotatable bonds is 2. The monoisotopic (exact) mass is 370 g/mol. The number of sulfonamides is 1. The van der Waals surface area contributed by atoms with E-state index in [0.717, 1.165) is 23.6 Å². The molecule has 24 heavy (non-hydrogen) atoms. The van der Waals surface area contributed by atoms with Crippen molar-refractivity contribution in [2.75, 3.05) is 23.1 Å². The number of carbonyl (C=O) groups is 2. The number of halogens is 1. The lowest BCUT2D eigenvalue weighted by atomic mass is 10.1. The van der Waals surface area contributed by atoms with Crippen LogP contribution in [0, 0.1) is 5.92 Å². The van der Waals surface area contributed by atoms with Crippen LogP contribution in [0.3, 0.4) is 0 Å². The fraction of sp³-hybridized carbons (Fsp3) is 0.500. The molecule has 2 aliphatic heterocycles. The minimum atomic E-state index is -3.68. The van der Waals surface area contributed by atoms with Crippen LogP contribution in [-0.2, 0) is 14.8 Å². The molecule has 0 aliphatic carbocycles. The fourth-order valence-corrected chi connectivity index (χ4v) is 5.23. The minimum absolute atomic E-state index is 0.157. The van der Waals surface area contributed by atoms with Crippen LogP contribution in [0.15, 0.2) is 18.2 Å². The highest BCUT2D eigenvalue weighted by atomic mass is 35.5. The Hall–Kier alpha value is -1.60. The van der Waals surface area contributed by atoms with Crippen LogP contribution in [0.4, 0.5) is 5.69 Å². The number of hydrogen-bond donors (Lipinski definition) is 0. The number of likely N-dealkylation sites (tertiary alicyclic amines) is 1. The molecular weight excluding hydrogens is 352 g/mol. The lowest BCUT2D eigenvalue weighted by molar-refractivity contribution is -0.119. The summed E-state index contributed by atoms with van der Waals surface area (Å²) in [5.74, 6) is -1.42. The number of carbonyl (C=O) groups excluding carboxylic acids is 2. The van der Waals surface area contributed by atoms with Gasteiger partial charge in [-0.1, -0.05) is 18.5 Å². The maximum Gasteiger partial charge on any atom is 0.255 e. The summed E-state index contributed by atoms with van der Waals surface area (Å²) in [6.45, 7) is 2.98. The van der Waals surface area contributed by atoms with Crippen LogP contribution >= 0.6 is 11.6 Å². The van der Waals surface area contributed by atoms with E-state index in [-0.39, 0.29) is 22.4 Å². The minimum Gasteiger partial charge on any atom is -0.339 e. The van der Waals surface area contributed by atoms with Gasteiger partial charge in [-0.25, -0.2) is 12.7 Å². The molecule has 0 radical (unpaired) electrons. The second-order valence-corrected chi connectivity index (χ2v) is 8.57. The molecule has 0 aromatic heterocycles. The maximum absolute atomic E-state index is 12.5. The summed E-state index contributed by atoms with van der Waals surface area (Å²) in [5.41, 5.74) is 0.518. The number of piperidine rings is 1. The Labute approximate surface area is 146 Å². The Morgan fingerprint density at radius 2 is 1.88 bits per heavy atom. The first-order chi connectivity index (χ1) is 11.3. The molecule has 6 nitrogen and oxygen atoms in total. The predicted molar refractivity (Wildman–Crippen MR) is 91.6 cm³/mol. The fourth-order valence-electron chi connectivity index (χ4n) is 3.16. The van der Waals surface area contributed by atoms with E-state index in [0.29, 0.717) is 18.7 Å². The molecule has 0 spiro atoms. The molecule has 0 bridgehead atoms. The molecule has 2 fully saturated rings. The molecule has 0 N–H and O–H groups in total. The summed E-state index contributed by atoms with van der Waals surface area (Å²) in [7, 11) is -3.68. The zero-order chi connectivity index (χ0) is 17.5. The average Bonchev–Trinajstić information content (AvgIpc) is 2.75. The van der Waals surface area contributed by atoms with Crippen molar-refractivity contribution < 1.29 is 18.0 Å². The number of benzene rings is 1. The molecule has 8 heteroatoms. The van der Waals surface area contributed by atoms with E-state index in [1.807, 2.05) is 0 Å². The summed E-state index contributed by atoms with van der Waals surface area (Å²) in [6.07, 6.45) is 3.06. The largest absolute Gasteiger partial charge is 0.339 e. The van der Waals surface area contributed by atoms with Gasteiger partial charge in [-0.3, -0.25) is 9.59 Å². The highest BCUT2D eigenvalue weighted by Crippen LogP contribution is 2.32. The summed E-state index contributed by atoms with van der Waals surface area (Å²) < 4.78 is 25.1. The smallest absolute Gasteiger partial charge is 0.255 e. The van der Waals surface area contributed by atoms with Gasteiger partial charge in [0.2, 0.25) is 15.9 Å². The number of anilines is 1. The third-order valence-electron chi connectivity index (χ3n) is 4.42. The Kier molecular flexibility index (Phi) is 4.57. The van der Waals surface area contributed by atoms with Crippen molar-refractivity contribution in [3.05, 3.63) is 28.8 Å². The van der Waals surface area contributed by atoms with Gasteiger partial charge >= 0.3 is 0 Å². The Morgan fingerprint density at radius 1 is 1.21 bits per heavy atom. The first-order valence-electron chi connectivity index (χ1n) is 7.97. The SMILES string of the molecule is CC1CS(=O)(=O)N(c2ccc(C(=O)N3CCCCC3)c(Cl)c2)C1=O. The zero-order valence-electron chi connectivity index (χ0n) is 13.4. The van der Waals surface area contributed by atoms with Crippen LogP contribution in [0.25, 0.3) is 0 Å². The molecular formula is C16H19ClN2O4S. The van der Waals surface area contributed by atoms with Gasteiger partial charge < -0.3 is 4.90 Å². The maximum atomic E-state index is 12.5. The lowest BCUT2D eigenvalue weighted by Crippen LogP contribution is -2.36. The van der Waals surface area contributed by atoms with Crippen molar-refractivity contribution in [3.8, 4) is 0 Å². The average molecular weight is 371 g/mol. The van der Waals surface area contributed by atoms with Crippen molar-refractivity contribution in [3.63, 3.8) is 0 Å². The standard InChI is InChI=1S/C16H19ClN2O4S/c1-11-10-24(22,23)19(15(11)20)12-5-6-13(14(17)9-12)16(21)18-7-3-2-4-8-18/h5-6,9,11H,2-4,7-8,10H2,1H3. The molecule has 130 valence electrons. The summed E-state index contributed by atoms with van der Waals surface area (Å²) in [4.78, 5) is 26.4. The number of amides is 2. The van der Waals surface area contributed by atoms with Crippen LogP contribution in [0.1, 0.15) is 36.5 Å². The van der Waals surface area contributed by atoms with Gasteiger partial charge in [0, 0.05) is 13.1 Å². The topological polar surface area (TPSA) is 74.8 Å². The van der Waals surface area contributed by atoms with Crippen LogP contribution < -0.4 is 4.31 Å². The highest BCUT2D eigenvalue weighted by Gasteiger charge is 2.42. The molecule has 1 atom stereocenters. The second-order valence-electron chi connectivity index (χ2n) is 6.30. The lowest BCUT2D eigenvalue weighted by Gasteiger charge is -2.27. The highest BCUT2D eigenvalue weighted by molar-refractivity contribution is 7.94. The quantitative estimate of drug-likeness (QED) is 0.800. The van der Waals surface area contributed by atoms with E-state index in [1.165, 1.54) is 18.2 Å². The van der Waals surface area contributed by atoms with Crippen molar-refractivity contribution in [2.45, 2.75) is 26.2 Å². The van der Waals surface area contributed by atoms with Gasteiger partial charge in [0.25, 0.3) is 5.91 Å². The molecule has 1 aromatic carbocycles. The van der Waals surface area contributed by atoms with E-state index >= 15 is 0 Å². The molecule has 3 rings (SSSR count). The normalized spacial score (nSPS) is 23.6. The molecule has 1 unspecified atom stereocenters. The Bertz CT molecular complexity index is 787. The van der Waals surface area contributed by atoms with Crippen molar-refractivity contribution in [1.29, 1.82) is 0 Å². The Morgan fingerprint density at radius 3 is 2.42 bits per heavy atom. The van der Waals surface area contributed by atoms with E-state index < -0.39 is 21.8 Å². The van der Waals surface area contributed by atoms with Gasteiger partial charge in [-0.05, 0) is 37.5 Å². The van der Waals surface area contributed by atoms with E-state index in [9.17, 15) is 18.0 Å². The van der Waals surface area contributed by atoms with Crippen molar-refractivity contribution in [1.82, 2.24) is 4.90 Å². The van der Waals surface area contributed by atoms with Crippen LogP contribution in [0.5, 0.6) is 0 Å². The predicted octanol–water partition coefficient (Wildman–Crippen LogP) is 2.28. The molecule has 2 saturated heterocycles. The van der Waals surface area contributed by atoms with E-state index in [2.05, 4.69) is 0 Å². The van der Waals surface area contributed by atoms with Crippen LogP contribution in [-0.4, -0.2) is 44.0 Å². The molecule has 2 amide bonds. The number of hydrogen-bond acceptors (Lipinski definition) is 4. The van der Waals surface area contributed by atoms with Gasteiger partial charge in [-0.15, -0.1) is 0 Å².